The molecule has 7 heteroatoms. The number of nitrogens with zero attached hydrogens (tertiary/aromatic N) is 2. The largest absolute Gasteiger partial charge is 0.443 e. The van der Waals surface area contributed by atoms with Gasteiger partial charge in [0.25, 0.3) is 0 Å². The van der Waals surface area contributed by atoms with Crippen molar-refractivity contribution in [2.45, 2.75) is 52.2 Å². The highest BCUT2D eigenvalue weighted by Gasteiger charge is 2.45. The monoisotopic (exact) mass is 459 g/mol. The van der Waals surface area contributed by atoms with Crippen molar-refractivity contribution in [2.75, 3.05) is 6.54 Å². The molecule has 2 atom stereocenters. The van der Waals surface area contributed by atoms with Crippen LogP contribution >= 0.6 is 15.9 Å². The van der Waals surface area contributed by atoms with Gasteiger partial charge in [0, 0.05) is 18.0 Å². The third kappa shape index (κ3) is 4.03. The number of ketones is 1. The number of aromatic nitrogens is 2. The SMILES string of the molecule is CC(C)C1CC2(CCN1)CC(=O)c1c(c(Br)nn1C(=O)OCc1ccccc1)C2. The van der Waals surface area contributed by atoms with Gasteiger partial charge in [0.2, 0.25) is 0 Å². The van der Waals surface area contributed by atoms with E-state index in [1.165, 1.54) is 0 Å². The van der Waals surface area contributed by atoms with Crippen LogP contribution in [-0.2, 0) is 17.8 Å². The summed E-state index contributed by atoms with van der Waals surface area (Å²) < 4.78 is 7.11. The maximum Gasteiger partial charge on any atom is 0.435 e. The number of nitrogens with one attached hydrogen (secondary N) is 1. The lowest BCUT2D eigenvalue weighted by Crippen LogP contribution is -2.49. The van der Waals surface area contributed by atoms with Crippen molar-refractivity contribution in [3.8, 4) is 0 Å². The van der Waals surface area contributed by atoms with Crippen molar-refractivity contribution in [1.29, 1.82) is 0 Å². The molecule has 154 valence electrons. The third-order valence-corrected chi connectivity index (χ3v) is 6.82. The minimum atomic E-state index is -0.620. The Morgan fingerprint density at radius 2 is 2.10 bits per heavy atom. The Balaban J connectivity index is 1.56. The summed E-state index contributed by atoms with van der Waals surface area (Å²) in [6, 6.07) is 9.87. The Morgan fingerprint density at radius 3 is 2.83 bits per heavy atom. The zero-order valence-electron chi connectivity index (χ0n) is 16.8. The fourth-order valence-corrected chi connectivity index (χ4v) is 5.08. The first-order valence-electron chi connectivity index (χ1n) is 10.1. The van der Waals surface area contributed by atoms with E-state index >= 15 is 0 Å². The molecule has 2 aliphatic rings. The summed E-state index contributed by atoms with van der Waals surface area (Å²) in [5.41, 5.74) is 2.04. The highest BCUT2D eigenvalue weighted by Crippen LogP contribution is 2.46. The maximum absolute atomic E-state index is 13.1. The average molecular weight is 460 g/mol. The molecule has 0 bridgehead atoms. The lowest BCUT2D eigenvalue weighted by Gasteiger charge is -2.44. The summed E-state index contributed by atoms with van der Waals surface area (Å²) in [6.07, 6.45) is 2.51. The first-order chi connectivity index (χ1) is 13.9. The third-order valence-electron chi connectivity index (χ3n) is 6.18. The minimum Gasteiger partial charge on any atom is -0.443 e. The summed E-state index contributed by atoms with van der Waals surface area (Å²) in [5.74, 6) is 0.494. The number of hydrogen-bond acceptors (Lipinski definition) is 5. The quantitative estimate of drug-likeness (QED) is 0.737. The predicted octanol–water partition coefficient (Wildman–Crippen LogP) is 4.35. The standard InChI is InChI=1S/C22H26BrN3O3/c1-14(2)17-11-22(8-9-24-17)10-16-19(18(27)12-22)26(25-20(16)23)21(28)29-13-15-6-4-3-5-7-15/h3-7,14,17,24H,8-13H2,1-2H3. The van der Waals surface area contributed by atoms with Crippen molar-refractivity contribution in [3.63, 3.8) is 0 Å². The van der Waals surface area contributed by atoms with Crippen LogP contribution in [0.25, 0.3) is 0 Å². The molecule has 1 aromatic heterocycles. The molecule has 2 unspecified atom stereocenters. The van der Waals surface area contributed by atoms with Crippen molar-refractivity contribution in [1.82, 2.24) is 15.1 Å². The van der Waals surface area contributed by atoms with Gasteiger partial charge < -0.3 is 10.1 Å². The van der Waals surface area contributed by atoms with E-state index in [0.29, 0.717) is 28.7 Å². The highest BCUT2D eigenvalue weighted by molar-refractivity contribution is 9.10. The molecule has 6 nitrogen and oxygen atoms in total. The predicted molar refractivity (Wildman–Crippen MR) is 113 cm³/mol. The van der Waals surface area contributed by atoms with Gasteiger partial charge in [-0.3, -0.25) is 4.79 Å². The number of carbonyl (C=O) groups excluding carboxylic acids is 2. The number of hydrogen-bond donors (Lipinski definition) is 1. The number of Topliss-reactive ketones (excluding diaryl/α,β-unsaturated/α-hetero) is 1. The van der Waals surface area contributed by atoms with Gasteiger partial charge in [-0.05, 0) is 58.6 Å². The van der Waals surface area contributed by atoms with E-state index in [0.717, 1.165) is 41.6 Å². The number of fused-ring (bicyclic) bond motifs is 1. The second kappa shape index (κ2) is 8.03. The lowest BCUT2D eigenvalue weighted by molar-refractivity contribution is 0.0746. The normalized spacial score (nSPS) is 24.0. The van der Waals surface area contributed by atoms with E-state index in [2.05, 4.69) is 40.2 Å². The summed E-state index contributed by atoms with van der Waals surface area (Å²) in [6.45, 7) is 5.48. The molecular weight excluding hydrogens is 434 g/mol. The molecular formula is C22H26BrN3O3. The summed E-state index contributed by atoms with van der Waals surface area (Å²) in [7, 11) is 0. The lowest BCUT2D eigenvalue weighted by atomic mass is 9.64. The van der Waals surface area contributed by atoms with Crippen LogP contribution in [0.3, 0.4) is 0 Å². The topological polar surface area (TPSA) is 73.2 Å². The number of piperidine rings is 1. The molecule has 0 radical (unpaired) electrons. The number of rotatable bonds is 3. The fourth-order valence-electron chi connectivity index (χ4n) is 4.60. The molecule has 2 aromatic rings. The average Bonchev–Trinajstić information content (AvgIpc) is 3.03. The summed E-state index contributed by atoms with van der Waals surface area (Å²) in [5, 5.41) is 7.89. The summed E-state index contributed by atoms with van der Waals surface area (Å²) in [4.78, 5) is 25.8. The van der Waals surface area contributed by atoms with Crippen LogP contribution in [0.4, 0.5) is 4.79 Å². The van der Waals surface area contributed by atoms with Gasteiger partial charge in [0.05, 0.1) is 0 Å². The second-order valence-corrected chi connectivity index (χ2v) is 9.36. The molecule has 0 amide bonds. The van der Waals surface area contributed by atoms with Crippen LogP contribution in [0.15, 0.2) is 34.9 Å². The molecule has 4 rings (SSSR count). The van der Waals surface area contributed by atoms with Crippen molar-refractivity contribution in [2.24, 2.45) is 11.3 Å². The molecule has 1 aliphatic carbocycles. The van der Waals surface area contributed by atoms with E-state index in [9.17, 15) is 9.59 Å². The number of benzene rings is 1. The zero-order valence-corrected chi connectivity index (χ0v) is 18.4. The first-order valence-corrected chi connectivity index (χ1v) is 10.9. The molecule has 1 aliphatic heterocycles. The van der Waals surface area contributed by atoms with Gasteiger partial charge in [-0.2, -0.15) is 9.78 Å². The Labute approximate surface area is 179 Å². The molecule has 29 heavy (non-hydrogen) atoms. The molecule has 0 saturated carbocycles. The Bertz CT molecular complexity index is 925. The van der Waals surface area contributed by atoms with Crippen LogP contribution in [0.2, 0.25) is 0 Å². The van der Waals surface area contributed by atoms with Gasteiger partial charge >= 0.3 is 6.09 Å². The Kier molecular flexibility index (Phi) is 5.62. The van der Waals surface area contributed by atoms with E-state index in [-0.39, 0.29) is 17.8 Å². The smallest absolute Gasteiger partial charge is 0.435 e. The van der Waals surface area contributed by atoms with Crippen molar-refractivity contribution in [3.05, 3.63) is 51.8 Å². The van der Waals surface area contributed by atoms with Gasteiger partial charge in [0.1, 0.15) is 16.9 Å². The van der Waals surface area contributed by atoms with Crippen LogP contribution < -0.4 is 5.32 Å². The minimum absolute atomic E-state index is 0.0227. The van der Waals surface area contributed by atoms with Crippen LogP contribution in [0.5, 0.6) is 0 Å². The van der Waals surface area contributed by atoms with Gasteiger partial charge in [-0.25, -0.2) is 4.79 Å². The first kappa shape index (κ1) is 20.3. The highest BCUT2D eigenvalue weighted by atomic mass is 79.9. The molecule has 1 fully saturated rings. The summed E-state index contributed by atoms with van der Waals surface area (Å²) >= 11 is 3.48. The number of ether oxygens (including phenoxy) is 1. The maximum atomic E-state index is 13.1. The molecule has 1 N–H and O–H groups in total. The van der Waals surface area contributed by atoms with Crippen LogP contribution in [0, 0.1) is 11.3 Å². The number of halogens is 1. The van der Waals surface area contributed by atoms with E-state index in [1.807, 2.05) is 30.3 Å². The van der Waals surface area contributed by atoms with Crippen LogP contribution in [0.1, 0.15) is 54.7 Å². The zero-order chi connectivity index (χ0) is 20.6. The van der Waals surface area contributed by atoms with Crippen molar-refractivity contribution < 1.29 is 14.3 Å². The van der Waals surface area contributed by atoms with E-state index in [1.54, 1.807) is 0 Å². The van der Waals surface area contributed by atoms with Gasteiger partial charge in [-0.15, -0.1) is 0 Å². The van der Waals surface area contributed by atoms with Crippen LogP contribution in [-0.4, -0.2) is 34.2 Å². The Morgan fingerprint density at radius 1 is 1.34 bits per heavy atom. The second-order valence-electron chi connectivity index (χ2n) is 8.61. The number of carbonyl (C=O) groups is 2. The van der Waals surface area contributed by atoms with Gasteiger partial charge in [-0.1, -0.05) is 44.2 Å². The molecule has 1 aromatic carbocycles. The van der Waals surface area contributed by atoms with E-state index in [4.69, 9.17) is 4.74 Å². The fraction of sp³-hybridized carbons (Fsp3) is 0.500. The molecule has 1 spiro atoms. The Hall–Kier alpha value is -1.99. The van der Waals surface area contributed by atoms with Crippen molar-refractivity contribution >= 4 is 27.8 Å². The van der Waals surface area contributed by atoms with E-state index < -0.39 is 6.09 Å². The molecule has 1 saturated heterocycles. The molecule has 2 heterocycles. The van der Waals surface area contributed by atoms with Gasteiger partial charge in [0.15, 0.2) is 5.78 Å².